The molecule has 9 heteroatoms. The Labute approximate surface area is 242 Å². The van der Waals surface area contributed by atoms with Gasteiger partial charge in [-0.05, 0) is 56.8 Å². The standard InChI is InChI=1S/C32H40N6O3/c1-3-30(40)37-17-18-38(24(20-37)14-19-39)31-27-13-16-36(29-12-6-9-23-8-4-5-11-26(23)29)21-28(27)33-32(34-31)41-22-25-10-7-15-35(25)2/h3-6,8-9,11-12,24-25,39H,1,7,10,13-22H2,2H3. The summed E-state index contributed by atoms with van der Waals surface area (Å²) >= 11 is 0. The Morgan fingerprint density at radius 1 is 1.10 bits per heavy atom. The van der Waals surface area contributed by atoms with Gasteiger partial charge in [0.2, 0.25) is 5.91 Å². The molecule has 2 fully saturated rings. The lowest BCUT2D eigenvalue weighted by molar-refractivity contribution is -0.126. The number of rotatable bonds is 8. The lowest BCUT2D eigenvalue weighted by Gasteiger charge is -2.43. The van der Waals surface area contributed by atoms with E-state index in [1.807, 2.05) is 4.90 Å². The summed E-state index contributed by atoms with van der Waals surface area (Å²) in [5, 5.41) is 12.4. The number of aliphatic hydroxyl groups excluding tert-OH is 1. The van der Waals surface area contributed by atoms with Crippen LogP contribution in [0.15, 0.2) is 55.1 Å². The first-order valence-corrected chi connectivity index (χ1v) is 14.8. The molecule has 0 spiro atoms. The van der Waals surface area contributed by atoms with Gasteiger partial charge in [0, 0.05) is 55.5 Å². The number of carbonyl (C=O) groups is 1. The summed E-state index contributed by atoms with van der Waals surface area (Å²) in [7, 11) is 2.14. The molecule has 2 unspecified atom stereocenters. The second-order valence-corrected chi connectivity index (χ2v) is 11.4. The van der Waals surface area contributed by atoms with Crippen molar-refractivity contribution in [1.82, 2.24) is 19.8 Å². The molecule has 2 saturated heterocycles. The minimum absolute atomic E-state index is 0.0385. The number of aliphatic hydroxyl groups is 1. The zero-order valence-corrected chi connectivity index (χ0v) is 23.9. The van der Waals surface area contributed by atoms with Crippen LogP contribution in [0.3, 0.4) is 0 Å². The fourth-order valence-electron chi connectivity index (χ4n) is 6.60. The minimum atomic E-state index is -0.0762. The Kier molecular flexibility index (Phi) is 8.07. The predicted molar refractivity (Wildman–Crippen MR) is 161 cm³/mol. The van der Waals surface area contributed by atoms with Gasteiger partial charge in [-0.1, -0.05) is 43.0 Å². The largest absolute Gasteiger partial charge is 0.462 e. The summed E-state index contributed by atoms with van der Waals surface area (Å²) in [6.45, 7) is 8.59. The van der Waals surface area contributed by atoms with E-state index in [9.17, 15) is 9.90 Å². The van der Waals surface area contributed by atoms with Gasteiger partial charge in [-0.15, -0.1) is 0 Å². The maximum atomic E-state index is 12.4. The number of aromatic nitrogens is 2. The number of likely N-dealkylation sites (N-methyl/N-ethyl adjacent to an activating group) is 1. The smallest absolute Gasteiger partial charge is 0.318 e. The third-order valence-corrected chi connectivity index (χ3v) is 8.91. The first-order valence-electron chi connectivity index (χ1n) is 14.8. The molecule has 3 aliphatic heterocycles. The van der Waals surface area contributed by atoms with Gasteiger partial charge in [0.15, 0.2) is 0 Å². The molecular weight excluding hydrogens is 516 g/mol. The number of hydrogen-bond donors (Lipinski definition) is 1. The molecule has 216 valence electrons. The number of amides is 1. The molecule has 1 N–H and O–H groups in total. The molecule has 41 heavy (non-hydrogen) atoms. The van der Waals surface area contributed by atoms with E-state index < -0.39 is 0 Å². The molecule has 0 bridgehead atoms. The zero-order valence-electron chi connectivity index (χ0n) is 23.9. The molecule has 0 saturated carbocycles. The SMILES string of the molecule is C=CC(=O)N1CCN(c2nc(OCC3CCCN3C)nc3c2CCN(c2cccc4ccccc24)C3)C(CCO)C1. The fourth-order valence-corrected chi connectivity index (χ4v) is 6.60. The highest BCUT2D eigenvalue weighted by Gasteiger charge is 2.34. The Morgan fingerprint density at radius 3 is 2.76 bits per heavy atom. The van der Waals surface area contributed by atoms with E-state index in [0.29, 0.717) is 51.3 Å². The molecule has 0 aliphatic carbocycles. The van der Waals surface area contributed by atoms with Crippen LogP contribution in [-0.4, -0.2) is 95.9 Å². The normalized spacial score (nSPS) is 21.3. The molecule has 3 aliphatic rings. The second kappa shape index (κ2) is 12.0. The highest BCUT2D eigenvalue weighted by molar-refractivity contribution is 5.94. The van der Waals surface area contributed by atoms with Gasteiger partial charge in [-0.2, -0.15) is 9.97 Å². The number of benzene rings is 2. The van der Waals surface area contributed by atoms with Crippen molar-refractivity contribution in [3.05, 3.63) is 66.4 Å². The van der Waals surface area contributed by atoms with Crippen molar-refractivity contribution in [3.8, 4) is 6.01 Å². The van der Waals surface area contributed by atoms with Gasteiger partial charge in [0.25, 0.3) is 0 Å². The van der Waals surface area contributed by atoms with Gasteiger partial charge in [-0.25, -0.2) is 0 Å². The summed E-state index contributed by atoms with van der Waals surface area (Å²) in [6.07, 6.45) is 5.01. The highest BCUT2D eigenvalue weighted by Crippen LogP contribution is 2.35. The van der Waals surface area contributed by atoms with E-state index in [2.05, 4.69) is 70.8 Å². The van der Waals surface area contributed by atoms with E-state index >= 15 is 0 Å². The Bertz CT molecular complexity index is 1410. The van der Waals surface area contributed by atoms with Crippen LogP contribution in [-0.2, 0) is 17.8 Å². The lowest BCUT2D eigenvalue weighted by atomic mass is 10.0. The number of likely N-dealkylation sites (tertiary alicyclic amines) is 1. The van der Waals surface area contributed by atoms with Crippen molar-refractivity contribution in [2.45, 2.75) is 44.3 Å². The number of nitrogens with zero attached hydrogens (tertiary/aromatic N) is 6. The summed E-state index contributed by atoms with van der Waals surface area (Å²) in [5.74, 6) is 0.805. The maximum absolute atomic E-state index is 12.4. The average molecular weight is 557 g/mol. The van der Waals surface area contributed by atoms with Crippen molar-refractivity contribution in [2.75, 3.05) is 62.8 Å². The number of ether oxygens (including phenoxy) is 1. The second-order valence-electron chi connectivity index (χ2n) is 11.4. The minimum Gasteiger partial charge on any atom is -0.462 e. The summed E-state index contributed by atoms with van der Waals surface area (Å²) in [5.41, 5.74) is 3.33. The summed E-state index contributed by atoms with van der Waals surface area (Å²) in [4.78, 5) is 31.3. The third kappa shape index (κ3) is 5.61. The molecule has 2 atom stereocenters. The first-order chi connectivity index (χ1) is 20.1. The van der Waals surface area contributed by atoms with Crippen LogP contribution in [0, 0.1) is 0 Å². The van der Waals surface area contributed by atoms with Crippen LogP contribution in [0.25, 0.3) is 10.8 Å². The van der Waals surface area contributed by atoms with Crippen LogP contribution in [0.1, 0.15) is 30.5 Å². The van der Waals surface area contributed by atoms with E-state index in [4.69, 9.17) is 14.7 Å². The third-order valence-electron chi connectivity index (χ3n) is 8.91. The molecule has 9 nitrogen and oxygen atoms in total. The number of anilines is 2. The Morgan fingerprint density at radius 2 is 1.95 bits per heavy atom. The number of hydrogen-bond acceptors (Lipinski definition) is 8. The Balaban J connectivity index is 1.34. The first kappa shape index (κ1) is 27.5. The van der Waals surface area contributed by atoms with Gasteiger partial charge >= 0.3 is 6.01 Å². The van der Waals surface area contributed by atoms with Gasteiger partial charge in [-0.3, -0.25) is 4.79 Å². The number of carbonyl (C=O) groups excluding carboxylic acids is 1. The predicted octanol–water partition coefficient (Wildman–Crippen LogP) is 3.25. The topological polar surface area (TPSA) is 85.3 Å². The quantitative estimate of drug-likeness (QED) is 0.424. The molecule has 3 aromatic rings. The fraction of sp³-hybridized carbons (Fsp3) is 0.469. The monoisotopic (exact) mass is 556 g/mol. The molecule has 1 amide bonds. The molecule has 0 radical (unpaired) electrons. The van der Waals surface area contributed by atoms with Crippen molar-refractivity contribution in [3.63, 3.8) is 0 Å². The van der Waals surface area contributed by atoms with E-state index in [1.54, 1.807) is 0 Å². The number of fused-ring (bicyclic) bond motifs is 2. The van der Waals surface area contributed by atoms with Crippen LogP contribution in [0.2, 0.25) is 0 Å². The number of piperazine rings is 1. The van der Waals surface area contributed by atoms with E-state index in [1.165, 1.54) is 29.0 Å². The molecular formula is C32H40N6O3. The van der Waals surface area contributed by atoms with Crippen LogP contribution >= 0.6 is 0 Å². The molecule has 1 aromatic heterocycles. The van der Waals surface area contributed by atoms with Gasteiger partial charge in [0.1, 0.15) is 12.4 Å². The van der Waals surface area contributed by atoms with Crippen LogP contribution < -0.4 is 14.5 Å². The van der Waals surface area contributed by atoms with Crippen LogP contribution in [0.5, 0.6) is 6.01 Å². The highest BCUT2D eigenvalue weighted by atomic mass is 16.5. The van der Waals surface area contributed by atoms with Gasteiger partial charge < -0.3 is 29.4 Å². The molecule has 6 rings (SSSR count). The lowest BCUT2D eigenvalue weighted by Crippen LogP contribution is -2.55. The average Bonchev–Trinajstić information content (AvgIpc) is 3.43. The maximum Gasteiger partial charge on any atom is 0.318 e. The molecule has 4 heterocycles. The van der Waals surface area contributed by atoms with Crippen molar-refractivity contribution in [1.29, 1.82) is 0 Å². The molecule has 2 aromatic carbocycles. The summed E-state index contributed by atoms with van der Waals surface area (Å²) in [6, 6.07) is 15.7. The van der Waals surface area contributed by atoms with Crippen molar-refractivity contribution >= 4 is 28.2 Å². The van der Waals surface area contributed by atoms with Gasteiger partial charge in [0.05, 0.1) is 18.3 Å². The van der Waals surface area contributed by atoms with E-state index in [0.717, 1.165) is 43.0 Å². The summed E-state index contributed by atoms with van der Waals surface area (Å²) < 4.78 is 6.30. The Hall–Kier alpha value is -3.69. The van der Waals surface area contributed by atoms with Crippen molar-refractivity contribution < 1.29 is 14.6 Å². The van der Waals surface area contributed by atoms with Crippen molar-refractivity contribution in [2.24, 2.45) is 0 Å². The van der Waals surface area contributed by atoms with E-state index in [-0.39, 0.29) is 18.6 Å². The zero-order chi connectivity index (χ0) is 28.3. The van der Waals surface area contributed by atoms with Crippen LogP contribution in [0.4, 0.5) is 11.5 Å².